The molecule has 2 N–H and O–H groups in total. The monoisotopic (exact) mass is 378 g/mol. The molecule has 4 atom stereocenters. The Balaban J connectivity index is 4.22. The Kier molecular flexibility index (Phi) is 9.77. The number of aliphatic hydroxyl groups is 2. The highest BCUT2D eigenvalue weighted by Gasteiger charge is 2.21. The lowest BCUT2D eigenvalue weighted by Gasteiger charge is -2.21. The molecule has 0 spiro atoms. The molecule has 0 aliphatic rings. The van der Waals surface area contributed by atoms with Gasteiger partial charge in [0.15, 0.2) is 11.5 Å². The zero-order valence-electron chi connectivity index (χ0n) is 14.8. The van der Waals surface area contributed by atoms with Gasteiger partial charge in [-0.05, 0) is 40.9 Å². The summed E-state index contributed by atoms with van der Waals surface area (Å²) in [6.45, 7) is 11.2. The van der Waals surface area contributed by atoms with Crippen molar-refractivity contribution in [2.75, 3.05) is 0 Å². The average molecular weight is 378 g/mol. The minimum atomic E-state index is -1.18. The van der Waals surface area contributed by atoms with Crippen LogP contribution in [0.5, 0.6) is 0 Å². The SMILES string of the molecule is C=C(O)C(=O)OC(C)OC(C)OC(=O)OC(C)OC(C)OC(=O)C(=C)O. The van der Waals surface area contributed by atoms with Gasteiger partial charge in [-0.3, -0.25) is 0 Å². The lowest BCUT2D eigenvalue weighted by atomic mass is 10.6. The van der Waals surface area contributed by atoms with E-state index in [0.29, 0.717) is 0 Å². The molecule has 11 heteroatoms. The third-order valence-corrected chi connectivity index (χ3v) is 2.31. The molecule has 0 aromatic carbocycles. The van der Waals surface area contributed by atoms with Crippen LogP contribution < -0.4 is 0 Å². The van der Waals surface area contributed by atoms with E-state index in [1.54, 1.807) is 0 Å². The van der Waals surface area contributed by atoms with Gasteiger partial charge in [0, 0.05) is 0 Å². The van der Waals surface area contributed by atoms with E-state index in [1.807, 2.05) is 0 Å². The molecule has 4 unspecified atom stereocenters. The van der Waals surface area contributed by atoms with Gasteiger partial charge in [-0.15, -0.1) is 0 Å². The molecule has 0 heterocycles. The van der Waals surface area contributed by atoms with Crippen LogP contribution in [0.2, 0.25) is 0 Å². The molecule has 0 aromatic heterocycles. The van der Waals surface area contributed by atoms with Crippen LogP contribution in [0.25, 0.3) is 0 Å². The minimum absolute atomic E-state index is 0.806. The number of carbonyl (C=O) groups excluding carboxylic acids is 3. The summed E-state index contributed by atoms with van der Waals surface area (Å²) in [5.41, 5.74) is 0. The van der Waals surface area contributed by atoms with Crippen molar-refractivity contribution in [1.82, 2.24) is 0 Å². The second-order valence-electron chi connectivity index (χ2n) is 4.73. The van der Waals surface area contributed by atoms with Gasteiger partial charge >= 0.3 is 18.1 Å². The van der Waals surface area contributed by atoms with E-state index >= 15 is 0 Å². The molecule has 0 saturated heterocycles. The maximum absolute atomic E-state index is 11.6. The molecule has 0 aliphatic heterocycles. The summed E-state index contributed by atoms with van der Waals surface area (Å²) in [5, 5.41) is 17.6. The Morgan fingerprint density at radius 1 is 0.654 bits per heavy atom. The van der Waals surface area contributed by atoms with Crippen molar-refractivity contribution in [3.63, 3.8) is 0 Å². The lowest BCUT2D eigenvalue weighted by molar-refractivity contribution is -0.235. The Morgan fingerprint density at radius 2 is 0.923 bits per heavy atom. The maximum Gasteiger partial charge on any atom is 0.512 e. The second-order valence-corrected chi connectivity index (χ2v) is 4.73. The molecule has 0 radical (unpaired) electrons. The number of aliphatic hydroxyl groups excluding tert-OH is 2. The minimum Gasteiger partial charge on any atom is -0.502 e. The van der Waals surface area contributed by atoms with Crippen LogP contribution in [0, 0.1) is 0 Å². The topological polar surface area (TPSA) is 147 Å². The number of carbonyl (C=O) groups is 3. The van der Waals surface area contributed by atoms with Crippen molar-refractivity contribution >= 4 is 18.1 Å². The first kappa shape index (κ1) is 23.2. The fourth-order valence-corrected chi connectivity index (χ4v) is 1.39. The molecule has 26 heavy (non-hydrogen) atoms. The number of ether oxygens (including phenoxy) is 6. The van der Waals surface area contributed by atoms with Crippen LogP contribution in [0.15, 0.2) is 24.7 Å². The van der Waals surface area contributed by atoms with Crippen molar-refractivity contribution in [3.05, 3.63) is 24.7 Å². The molecule has 148 valence electrons. The van der Waals surface area contributed by atoms with Crippen LogP contribution in [-0.4, -0.2) is 53.5 Å². The van der Waals surface area contributed by atoms with Gasteiger partial charge in [0.2, 0.25) is 25.2 Å². The predicted octanol–water partition coefficient (Wildman–Crippen LogP) is 1.79. The largest absolute Gasteiger partial charge is 0.512 e. The molecule has 0 saturated carbocycles. The Hall–Kier alpha value is -2.79. The second kappa shape index (κ2) is 10.9. The first-order valence-corrected chi connectivity index (χ1v) is 7.28. The van der Waals surface area contributed by atoms with E-state index in [2.05, 4.69) is 22.6 Å². The molecule has 0 fully saturated rings. The lowest BCUT2D eigenvalue weighted by Crippen LogP contribution is -2.30. The Morgan fingerprint density at radius 3 is 1.19 bits per heavy atom. The van der Waals surface area contributed by atoms with Gasteiger partial charge in [-0.2, -0.15) is 0 Å². The first-order chi connectivity index (χ1) is 11.9. The third-order valence-electron chi connectivity index (χ3n) is 2.31. The van der Waals surface area contributed by atoms with Gasteiger partial charge in [0.05, 0.1) is 0 Å². The fraction of sp³-hybridized carbons (Fsp3) is 0.533. The number of hydrogen-bond donors (Lipinski definition) is 2. The normalized spacial score (nSPS) is 14.9. The molecule has 11 nitrogen and oxygen atoms in total. The quantitative estimate of drug-likeness (QED) is 0.188. The van der Waals surface area contributed by atoms with Crippen molar-refractivity contribution in [1.29, 1.82) is 0 Å². The van der Waals surface area contributed by atoms with E-state index in [4.69, 9.17) is 29.2 Å². The van der Waals surface area contributed by atoms with Gasteiger partial charge in [-0.1, -0.05) is 0 Å². The summed E-state index contributed by atoms with van der Waals surface area (Å²) in [6, 6.07) is 0. The summed E-state index contributed by atoms with van der Waals surface area (Å²) in [4.78, 5) is 33.7. The molecule has 0 bridgehead atoms. The Labute approximate surface area is 149 Å². The molecule has 0 amide bonds. The standard InChI is InChI=1S/C15H22O11/c1-7(16)13(18)23-9(3)21-11(5)25-15(20)26-12(6)22-10(4)24-14(19)8(2)17/h9-12,16-17H,1-2H2,3-6H3. The van der Waals surface area contributed by atoms with Crippen molar-refractivity contribution in [2.45, 2.75) is 52.9 Å². The summed E-state index contributed by atoms with van der Waals surface area (Å²) in [6.07, 6.45) is -5.81. The molecule has 0 aliphatic carbocycles. The third kappa shape index (κ3) is 10.2. The Bertz CT molecular complexity index is 496. The van der Waals surface area contributed by atoms with Gasteiger partial charge in [-0.25, -0.2) is 14.4 Å². The number of rotatable bonds is 10. The maximum atomic E-state index is 11.6. The predicted molar refractivity (Wildman–Crippen MR) is 83.3 cm³/mol. The van der Waals surface area contributed by atoms with Crippen molar-refractivity contribution < 1.29 is 53.0 Å². The van der Waals surface area contributed by atoms with E-state index in [-0.39, 0.29) is 0 Å². The smallest absolute Gasteiger partial charge is 0.502 e. The molecule has 0 rings (SSSR count). The van der Waals surface area contributed by atoms with Gasteiger partial charge in [0.25, 0.3) is 0 Å². The highest BCUT2D eigenvalue weighted by molar-refractivity contribution is 5.85. The van der Waals surface area contributed by atoms with E-state index < -0.39 is 54.8 Å². The summed E-state index contributed by atoms with van der Waals surface area (Å²) < 4.78 is 28.7. The fourth-order valence-electron chi connectivity index (χ4n) is 1.39. The highest BCUT2D eigenvalue weighted by Crippen LogP contribution is 2.08. The van der Waals surface area contributed by atoms with Crippen LogP contribution >= 0.6 is 0 Å². The van der Waals surface area contributed by atoms with Crippen LogP contribution in [0.4, 0.5) is 4.79 Å². The van der Waals surface area contributed by atoms with E-state index in [1.165, 1.54) is 27.7 Å². The highest BCUT2D eigenvalue weighted by atomic mass is 16.9. The summed E-state index contributed by atoms with van der Waals surface area (Å²) in [7, 11) is 0. The zero-order chi connectivity index (χ0) is 20.4. The molecule has 0 aromatic rings. The summed E-state index contributed by atoms with van der Waals surface area (Å²) >= 11 is 0. The first-order valence-electron chi connectivity index (χ1n) is 7.28. The van der Waals surface area contributed by atoms with E-state index in [9.17, 15) is 14.4 Å². The zero-order valence-corrected chi connectivity index (χ0v) is 14.8. The van der Waals surface area contributed by atoms with Crippen LogP contribution in [-0.2, 0) is 38.0 Å². The number of hydrogen-bond acceptors (Lipinski definition) is 11. The van der Waals surface area contributed by atoms with Gasteiger partial charge < -0.3 is 38.6 Å². The summed E-state index contributed by atoms with van der Waals surface area (Å²) in [5.74, 6) is -3.80. The average Bonchev–Trinajstić information content (AvgIpc) is 2.45. The van der Waals surface area contributed by atoms with Crippen molar-refractivity contribution in [3.8, 4) is 0 Å². The van der Waals surface area contributed by atoms with E-state index in [0.717, 1.165) is 0 Å². The van der Waals surface area contributed by atoms with Crippen LogP contribution in [0.3, 0.4) is 0 Å². The van der Waals surface area contributed by atoms with Crippen LogP contribution in [0.1, 0.15) is 27.7 Å². The number of esters is 2. The van der Waals surface area contributed by atoms with Crippen molar-refractivity contribution in [2.24, 2.45) is 0 Å². The molecular weight excluding hydrogens is 356 g/mol. The van der Waals surface area contributed by atoms with Gasteiger partial charge in [0.1, 0.15) is 0 Å². The molecular formula is C15H22O11.